The maximum absolute atomic E-state index is 11.5. The fraction of sp³-hybridized carbons (Fsp3) is 0.273. The van der Waals surface area contributed by atoms with Crippen LogP contribution in [0.4, 0.5) is 5.69 Å². The number of nitrogens with zero attached hydrogens (tertiary/aromatic N) is 1. The molecular formula is C11H10ClNO2. The minimum absolute atomic E-state index is 0.281. The van der Waals surface area contributed by atoms with Gasteiger partial charge in [-0.25, -0.2) is 0 Å². The van der Waals surface area contributed by atoms with Crippen LogP contribution in [0.25, 0.3) is 0 Å². The molecule has 0 spiro atoms. The van der Waals surface area contributed by atoms with E-state index in [0.717, 1.165) is 5.56 Å². The van der Waals surface area contributed by atoms with Crippen molar-refractivity contribution in [2.75, 3.05) is 11.4 Å². The fourth-order valence-corrected chi connectivity index (χ4v) is 2.07. The van der Waals surface area contributed by atoms with Crippen molar-refractivity contribution in [1.29, 1.82) is 0 Å². The second-order valence-corrected chi connectivity index (χ2v) is 3.94. The number of carbonyl (C=O) groups excluding carboxylic acids is 2. The average molecular weight is 224 g/mol. The molecule has 0 unspecified atom stereocenters. The number of Topliss-reactive ketones (excluding diaryl/α,β-unsaturated/α-hetero) is 1. The molecule has 0 N–H and O–H groups in total. The number of rotatable bonds is 1. The van der Waals surface area contributed by atoms with Crippen LogP contribution < -0.4 is 4.90 Å². The van der Waals surface area contributed by atoms with Gasteiger partial charge in [0.25, 0.3) is 5.91 Å². The highest BCUT2D eigenvalue weighted by molar-refractivity contribution is 6.45. The Morgan fingerprint density at radius 2 is 2.07 bits per heavy atom. The van der Waals surface area contributed by atoms with E-state index in [4.69, 9.17) is 11.6 Å². The van der Waals surface area contributed by atoms with Crippen LogP contribution in [0.3, 0.4) is 0 Å². The largest absolute Gasteiger partial charge is 0.304 e. The SMILES string of the molecule is Cc1cccc(Cl)c1N1CCC(=O)C1=O. The van der Waals surface area contributed by atoms with Gasteiger partial charge in [-0.1, -0.05) is 23.7 Å². The van der Waals surface area contributed by atoms with E-state index < -0.39 is 5.91 Å². The van der Waals surface area contributed by atoms with Crippen LogP contribution in [-0.2, 0) is 9.59 Å². The minimum atomic E-state index is -0.453. The van der Waals surface area contributed by atoms with Gasteiger partial charge >= 0.3 is 0 Å². The van der Waals surface area contributed by atoms with Crippen LogP contribution in [0.15, 0.2) is 18.2 Å². The molecule has 1 aromatic rings. The highest BCUT2D eigenvalue weighted by atomic mass is 35.5. The Morgan fingerprint density at radius 3 is 2.60 bits per heavy atom. The van der Waals surface area contributed by atoms with Gasteiger partial charge < -0.3 is 4.90 Å². The van der Waals surface area contributed by atoms with E-state index >= 15 is 0 Å². The molecule has 0 atom stereocenters. The Labute approximate surface area is 92.6 Å². The second kappa shape index (κ2) is 3.66. The zero-order valence-corrected chi connectivity index (χ0v) is 9.04. The Hall–Kier alpha value is -1.35. The summed E-state index contributed by atoms with van der Waals surface area (Å²) in [6.07, 6.45) is 0.281. The van der Waals surface area contributed by atoms with Gasteiger partial charge in [0, 0.05) is 13.0 Å². The number of aryl methyl sites for hydroxylation is 1. The Balaban J connectivity index is 2.46. The van der Waals surface area contributed by atoms with Gasteiger partial charge in [0.15, 0.2) is 0 Å². The van der Waals surface area contributed by atoms with Gasteiger partial charge in [-0.15, -0.1) is 0 Å². The molecule has 0 radical (unpaired) electrons. The summed E-state index contributed by atoms with van der Waals surface area (Å²) in [6.45, 7) is 2.31. The number of para-hydroxylation sites is 1. The molecule has 1 aliphatic heterocycles. The van der Waals surface area contributed by atoms with Crippen molar-refractivity contribution in [3.8, 4) is 0 Å². The summed E-state index contributed by atoms with van der Waals surface area (Å²) in [4.78, 5) is 24.1. The quantitative estimate of drug-likeness (QED) is 0.683. The summed E-state index contributed by atoms with van der Waals surface area (Å²) in [5.74, 6) is -0.791. The molecule has 3 nitrogen and oxygen atoms in total. The number of carbonyl (C=O) groups is 2. The number of ketones is 1. The Kier molecular flexibility index (Phi) is 2.49. The highest BCUT2D eigenvalue weighted by Crippen LogP contribution is 2.31. The second-order valence-electron chi connectivity index (χ2n) is 3.54. The lowest BCUT2D eigenvalue weighted by atomic mass is 10.2. The van der Waals surface area contributed by atoms with E-state index in [2.05, 4.69) is 0 Å². The third-order valence-corrected chi connectivity index (χ3v) is 2.81. The molecule has 2 rings (SSSR count). The normalized spacial score (nSPS) is 16.3. The van der Waals surface area contributed by atoms with E-state index in [1.165, 1.54) is 4.90 Å². The average Bonchev–Trinajstić information content (AvgIpc) is 2.49. The van der Waals surface area contributed by atoms with Crippen LogP contribution >= 0.6 is 11.6 Å². The Morgan fingerprint density at radius 1 is 1.33 bits per heavy atom. The molecule has 1 heterocycles. The number of hydrogen-bond acceptors (Lipinski definition) is 2. The van der Waals surface area contributed by atoms with Gasteiger partial charge in [0.2, 0.25) is 5.78 Å². The van der Waals surface area contributed by atoms with Crippen LogP contribution in [-0.4, -0.2) is 18.2 Å². The van der Waals surface area contributed by atoms with Gasteiger partial charge in [-0.2, -0.15) is 0 Å². The third-order valence-electron chi connectivity index (χ3n) is 2.50. The van der Waals surface area contributed by atoms with Crippen LogP contribution in [0.2, 0.25) is 5.02 Å². The van der Waals surface area contributed by atoms with E-state index in [1.54, 1.807) is 6.07 Å². The van der Waals surface area contributed by atoms with Crippen molar-refractivity contribution in [2.45, 2.75) is 13.3 Å². The summed E-state index contributed by atoms with van der Waals surface area (Å²) in [7, 11) is 0. The number of benzene rings is 1. The standard InChI is InChI=1S/C11H10ClNO2/c1-7-3-2-4-8(12)10(7)13-6-5-9(14)11(13)15/h2-4H,5-6H2,1H3. The first kappa shape index (κ1) is 10.2. The number of halogens is 1. The minimum Gasteiger partial charge on any atom is -0.304 e. The lowest BCUT2D eigenvalue weighted by Gasteiger charge is -2.18. The molecule has 4 heteroatoms. The molecule has 0 aromatic heterocycles. The van der Waals surface area contributed by atoms with Crippen molar-refractivity contribution < 1.29 is 9.59 Å². The summed E-state index contributed by atoms with van der Waals surface area (Å²) in [6, 6.07) is 5.42. The van der Waals surface area contributed by atoms with Crippen molar-refractivity contribution in [3.63, 3.8) is 0 Å². The van der Waals surface area contributed by atoms with Crippen molar-refractivity contribution >= 4 is 29.0 Å². The van der Waals surface area contributed by atoms with E-state index in [-0.39, 0.29) is 12.2 Å². The monoisotopic (exact) mass is 223 g/mol. The van der Waals surface area contributed by atoms with Crippen molar-refractivity contribution in [3.05, 3.63) is 28.8 Å². The maximum Gasteiger partial charge on any atom is 0.294 e. The zero-order valence-electron chi connectivity index (χ0n) is 8.29. The highest BCUT2D eigenvalue weighted by Gasteiger charge is 2.32. The number of amides is 1. The smallest absolute Gasteiger partial charge is 0.294 e. The molecule has 1 amide bonds. The van der Waals surface area contributed by atoms with Crippen LogP contribution in [0, 0.1) is 6.92 Å². The van der Waals surface area contributed by atoms with Gasteiger partial charge in [0.05, 0.1) is 10.7 Å². The number of anilines is 1. The molecule has 1 aromatic carbocycles. The molecular weight excluding hydrogens is 214 g/mol. The molecule has 1 saturated heterocycles. The molecule has 78 valence electrons. The van der Waals surface area contributed by atoms with Gasteiger partial charge in [0.1, 0.15) is 0 Å². The van der Waals surface area contributed by atoms with Crippen molar-refractivity contribution in [1.82, 2.24) is 0 Å². The van der Waals surface area contributed by atoms with E-state index in [0.29, 0.717) is 17.3 Å². The number of hydrogen-bond donors (Lipinski definition) is 0. The summed E-state index contributed by atoms with van der Waals surface area (Å²) in [5.41, 5.74) is 1.57. The maximum atomic E-state index is 11.5. The summed E-state index contributed by atoms with van der Waals surface area (Å²) in [5, 5.41) is 0.512. The van der Waals surface area contributed by atoms with Gasteiger partial charge in [-0.3, -0.25) is 9.59 Å². The van der Waals surface area contributed by atoms with E-state index in [1.807, 2.05) is 19.1 Å². The molecule has 1 aliphatic rings. The lowest BCUT2D eigenvalue weighted by molar-refractivity contribution is -0.133. The Bertz CT molecular complexity index is 422. The summed E-state index contributed by atoms with van der Waals surface area (Å²) >= 11 is 6.02. The first-order chi connectivity index (χ1) is 7.11. The summed E-state index contributed by atoms with van der Waals surface area (Å²) < 4.78 is 0. The predicted molar refractivity (Wildman–Crippen MR) is 58.2 cm³/mol. The first-order valence-electron chi connectivity index (χ1n) is 4.71. The van der Waals surface area contributed by atoms with Gasteiger partial charge in [-0.05, 0) is 18.6 Å². The molecule has 1 fully saturated rings. The fourth-order valence-electron chi connectivity index (χ4n) is 1.75. The molecule has 0 saturated carbocycles. The topological polar surface area (TPSA) is 37.4 Å². The van der Waals surface area contributed by atoms with Crippen molar-refractivity contribution in [2.24, 2.45) is 0 Å². The van der Waals surface area contributed by atoms with Crippen LogP contribution in [0.5, 0.6) is 0 Å². The molecule has 15 heavy (non-hydrogen) atoms. The molecule has 0 bridgehead atoms. The third kappa shape index (κ3) is 1.63. The molecule has 0 aliphatic carbocycles. The predicted octanol–water partition coefficient (Wildman–Crippen LogP) is 1.95. The van der Waals surface area contributed by atoms with Crippen LogP contribution in [0.1, 0.15) is 12.0 Å². The lowest BCUT2D eigenvalue weighted by Crippen LogP contribution is -2.27. The first-order valence-corrected chi connectivity index (χ1v) is 5.09. The van der Waals surface area contributed by atoms with E-state index in [9.17, 15) is 9.59 Å². The zero-order chi connectivity index (χ0) is 11.0.